The zero-order valence-corrected chi connectivity index (χ0v) is 22.0. The average Bonchev–Trinajstić information content (AvgIpc) is 3.41. The number of carbonyl (C=O) groups is 1. The number of ether oxygens (including phenoxy) is 1. The molecule has 1 aliphatic heterocycles. The fourth-order valence-electron chi connectivity index (χ4n) is 4.53. The third-order valence-corrected chi connectivity index (χ3v) is 8.84. The highest BCUT2D eigenvalue weighted by molar-refractivity contribution is 7.93. The van der Waals surface area contributed by atoms with E-state index in [2.05, 4.69) is 35.6 Å². The highest BCUT2D eigenvalue weighted by Gasteiger charge is 2.58. The summed E-state index contributed by atoms with van der Waals surface area (Å²) in [5.41, 5.74) is 2.49. The first-order valence-corrected chi connectivity index (χ1v) is 13.5. The van der Waals surface area contributed by atoms with Gasteiger partial charge in [0.1, 0.15) is 18.0 Å². The Hall–Kier alpha value is -4.21. The molecule has 0 aliphatic carbocycles. The normalized spacial score (nSPS) is 22.1. The van der Waals surface area contributed by atoms with Crippen LogP contribution < -0.4 is 15.4 Å². The van der Waals surface area contributed by atoms with Crippen molar-refractivity contribution in [3.8, 4) is 17.1 Å². The summed E-state index contributed by atoms with van der Waals surface area (Å²) >= 11 is 0. The molecule has 1 aliphatic rings. The molecule has 0 spiro atoms. The number of nitrogens with one attached hydrogen (secondary N) is 2. The molecule has 0 unspecified atom stereocenters. The van der Waals surface area contributed by atoms with Crippen LogP contribution >= 0.6 is 0 Å². The summed E-state index contributed by atoms with van der Waals surface area (Å²) in [5, 5.41) is 23.1. The van der Waals surface area contributed by atoms with Gasteiger partial charge in [0, 0.05) is 25.0 Å². The minimum atomic E-state index is -4.43. The van der Waals surface area contributed by atoms with Crippen LogP contribution in [0.4, 0.5) is 5.82 Å². The van der Waals surface area contributed by atoms with Crippen molar-refractivity contribution < 1.29 is 28.2 Å². The zero-order chi connectivity index (χ0) is 27.9. The maximum absolute atomic E-state index is 13.4. The monoisotopic (exact) mass is 554 g/mol. The second-order valence-electron chi connectivity index (χ2n) is 9.01. The van der Waals surface area contributed by atoms with Gasteiger partial charge in [0.25, 0.3) is 0 Å². The molecule has 1 fully saturated rings. The maximum Gasteiger partial charge on any atom is 0.240 e. The number of pyridine rings is 2. The predicted octanol–water partition coefficient (Wildman–Crippen LogP) is -0.0242. The molecule has 39 heavy (non-hydrogen) atoms. The van der Waals surface area contributed by atoms with Crippen LogP contribution in [0.15, 0.2) is 43.1 Å². The van der Waals surface area contributed by atoms with E-state index in [4.69, 9.17) is 4.74 Å². The number of aromatic nitrogens is 6. The second-order valence-corrected chi connectivity index (χ2v) is 11.2. The Labute approximate surface area is 223 Å². The Bertz CT molecular complexity index is 1660. The van der Waals surface area contributed by atoms with E-state index in [0.717, 1.165) is 15.8 Å². The minimum absolute atomic E-state index is 0.0555. The number of aliphatic hydroxyl groups excluding tert-OH is 2. The van der Waals surface area contributed by atoms with Crippen LogP contribution in [0.25, 0.3) is 22.6 Å². The molecule has 4 N–H and O–H groups in total. The number of aryl methyl sites for hydroxylation is 1. The average molecular weight is 555 g/mol. The number of anilines is 1. The summed E-state index contributed by atoms with van der Waals surface area (Å²) in [4.78, 5) is 34.3. The van der Waals surface area contributed by atoms with Crippen molar-refractivity contribution >= 4 is 32.7 Å². The quantitative estimate of drug-likeness (QED) is 0.239. The molecule has 1 amide bonds. The number of hydrogen-bond donors (Lipinski definition) is 4. The van der Waals surface area contributed by atoms with Gasteiger partial charge < -0.3 is 25.6 Å². The number of imidazole rings is 1. The molecule has 204 valence electrons. The largest absolute Gasteiger partial charge is 0.495 e. The molecule has 14 nitrogen and oxygen atoms in total. The van der Waals surface area contributed by atoms with Gasteiger partial charge in [-0.3, -0.25) is 19.3 Å². The van der Waals surface area contributed by atoms with Gasteiger partial charge in [-0.1, -0.05) is 0 Å². The van der Waals surface area contributed by atoms with Crippen molar-refractivity contribution in [2.75, 3.05) is 19.5 Å². The molecular formula is C24H26N8O6S. The van der Waals surface area contributed by atoms with Gasteiger partial charge in [-0.15, -0.1) is 0 Å². The van der Waals surface area contributed by atoms with Gasteiger partial charge in [-0.25, -0.2) is 23.4 Å². The van der Waals surface area contributed by atoms with Crippen LogP contribution in [0.1, 0.15) is 16.6 Å². The Morgan fingerprint density at radius 1 is 1.15 bits per heavy atom. The third-order valence-electron chi connectivity index (χ3n) is 6.46. The lowest BCUT2D eigenvalue weighted by molar-refractivity contribution is -0.123. The summed E-state index contributed by atoms with van der Waals surface area (Å²) < 4.78 is 33.2. The van der Waals surface area contributed by atoms with Crippen molar-refractivity contribution in [1.82, 2.24) is 34.8 Å². The van der Waals surface area contributed by atoms with Crippen LogP contribution in [0.3, 0.4) is 0 Å². The molecule has 5 rings (SSSR count). The highest BCUT2D eigenvalue weighted by Crippen LogP contribution is 2.38. The van der Waals surface area contributed by atoms with Crippen LogP contribution in [-0.4, -0.2) is 85.6 Å². The first-order chi connectivity index (χ1) is 18.6. The molecule has 1 saturated heterocycles. The lowest BCUT2D eigenvalue weighted by Crippen LogP contribution is -2.43. The number of nitrogens with zero attached hydrogens (tertiary/aromatic N) is 6. The van der Waals surface area contributed by atoms with Crippen molar-refractivity contribution in [3.63, 3.8) is 0 Å². The van der Waals surface area contributed by atoms with Gasteiger partial charge in [-0.2, -0.15) is 0 Å². The number of methoxy groups -OCH3 is 1. The number of amides is 1. The standard InChI is InChI=1S/C24H26N8O6S/c1-12-4-5-27-14(6-12)9-28-21-16-22(31-20(30-21)13-7-15(38-3)10-26-8-13)32(11-29-16)24-18(34)17(33)19(23(35)25-2)39(24,36)37/h4-8,10-11,17-19,24,33-34H,9H2,1-3H3,(H,25,35)(H,28,30,31)/t17-,18+,19-,24+/m0/s1. The molecule has 0 aromatic carbocycles. The van der Waals surface area contributed by atoms with Crippen LogP contribution in [0.2, 0.25) is 0 Å². The van der Waals surface area contributed by atoms with E-state index >= 15 is 0 Å². The minimum Gasteiger partial charge on any atom is -0.495 e. The van der Waals surface area contributed by atoms with Crippen molar-refractivity contribution in [2.45, 2.75) is 36.3 Å². The Balaban J connectivity index is 1.66. The van der Waals surface area contributed by atoms with Gasteiger partial charge >= 0.3 is 0 Å². The second kappa shape index (κ2) is 10.2. The summed E-state index contributed by atoms with van der Waals surface area (Å²) in [6, 6.07) is 5.43. The van der Waals surface area contributed by atoms with E-state index in [1.54, 1.807) is 12.3 Å². The topological polar surface area (TPSA) is 194 Å². The smallest absolute Gasteiger partial charge is 0.240 e. The molecule has 4 aromatic heterocycles. The van der Waals surface area contributed by atoms with Crippen molar-refractivity contribution in [2.24, 2.45) is 0 Å². The summed E-state index contributed by atoms with van der Waals surface area (Å²) in [6.45, 7) is 2.22. The molecule has 0 saturated carbocycles. The lowest BCUT2D eigenvalue weighted by Gasteiger charge is -2.17. The Morgan fingerprint density at radius 2 is 1.95 bits per heavy atom. The maximum atomic E-state index is 13.4. The highest BCUT2D eigenvalue weighted by atomic mass is 32.2. The number of sulfone groups is 1. The summed E-state index contributed by atoms with van der Waals surface area (Å²) in [6.07, 6.45) is 2.22. The summed E-state index contributed by atoms with van der Waals surface area (Å²) in [7, 11) is -1.69. The number of fused-ring (bicyclic) bond motifs is 1. The number of aliphatic hydroxyl groups is 2. The van der Waals surface area contributed by atoms with E-state index in [9.17, 15) is 23.4 Å². The molecule has 4 aromatic rings. The summed E-state index contributed by atoms with van der Waals surface area (Å²) in [5.74, 6) is -0.0374. The molecular weight excluding hydrogens is 528 g/mol. The molecule has 0 bridgehead atoms. The fraction of sp³-hybridized carbons (Fsp3) is 0.333. The third kappa shape index (κ3) is 4.64. The fourth-order valence-corrected chi connectivity index (χ4v) is 6.82. The lowest BCUT2D eigenvalue weighted by atomic mass is 10.1. The Kier molecular flexibility index (Phi) is 6.88. The van der Waals surface area contributed by atoms with Crippen molar-refractivity contribution in [1.29, 1.82) is 0 Å². The van der Waals surface area contributed by atoms with Crippen LogP contribution in [0, 0.1) is 6.92 Å². The Morgan fingerprint density at radius 3 is 2.67 bits per heavy atom. The first-order valence-electron chi connectivity index (χ1n) is 11.9. The molecule has 15 heteroatoms. The molecule has 4 atom stereocenters. The van der Waals surface area contributed by atoms with E-state index in [1.807, 2.05) is 19.1 Å². The van der Waals surface area contributed by atoms with E-state index in [0.29, 0.717) is 11.3 Å². The van der Waals surface area contributed by atoms with E-state index in [-0.39, 0.29) is 29.4 Å². The van der Waals surface area contributed by atoms with Crippen LogP contribution in [0.5, 0.6) is 5.75 Å². The van der Waals surface area contributed by atoms with Gasteiger partial charge in [0.05, 0.1) is 31.9 Å². The van der Waals surface area contributed by atoms with Crippen molar-refractivity contribution in [3.05, 3.63) is 54.4 Å². The molecule has 0 radical (unpaired) electrons. The zero-order valence-electron chi connectivity index (χ0n) is 21.2. The van der Waals surface area contributed by atoms with Gasteiger partial charge in [-0.05, 0) is 30.7 Å². The SMILES string of the molecule is CNC(=O)[C@@H]1[C@@H](O)[C@@H](O)[C@H](n2cnc3c(NCc4cc(C)ccn4)nc(-c4cncc(OC)c4)nc32)S1(=O)=O. The number of carbonyl (C=O) groups excluding carboxylic acids is 1. The molecule has 5 heterocycles. The first kappa shape index (κ1) is 26.4. The van der Waals surface area contributed by atoms with Gasteiger partial charge in [0.2, 0.25) is 5.91 Å². The van der Waals surface area contributed by atoms with E-state index in [1.165, 1.54) is 32.9 Å². The number of hydrogen-bond acceptors (Lipinski definition) is 12. The van der Waals surface area contributed by atoms with E-state index < -0.39 is 38.6 Å². The van der Waals surface area contributed by atoms with Crippen LogP contribution in [-0.2, 0) is 21.2 Å². The predicted molar refractivity (Wildman–Crippen MR) is 139 cm³/mol. The van der Waals surface area contributed by atoms with Gasteiger partial charge in [0.15, 0.2) is 43.3 Å². The number of rotatable bonds is 7.